The second-order valence-corrected chi connectivity index (χ2v) is 6.06. The van der Waals surface area contributed by atoms with Crippen molar-refractivity contribution in [3.8, 4) is 5.75 Å². The van der Waals surface area contributed by atoms with Crippen molar-refractivity contribution < 1.29 is 22.3 Å². The number of benzene rings is 1. The van der Waals surface area contributed by atoms with Crippen LogP contribution in [0.3, 0.4) is 0 Å². The molecule has 0 aliphatic rings. The first-order chi connectivity index (χ1) is 7.97. The molecule has 1 rings (SSSR count). The van der Waals surface area contributed by atoms with E-state index >= 15 is 0 Å². The van der Waals surface area contributed by atoms with Gasteiger partial charge in [-0.2, -0.15) is 0 Å². The Kier molecular flexibility index (Phi) is 5.67. The van der Waals surface area contributed by atoms with Gasteiger partial charge in [-0.1, -0.05) is 6.07 Å². The Balaban J connectivity index is 2.13. The fraction of sp³-hybridized carbons (Fsp3) is 0.400. The summed E-state index contributed by atoms with van der Waals surface area (Å²) in [6, 6.07) is 5.72. The largest absolute Gasteiger partial charge is 0.491 e. The van der Waals surface area contributed by atoms with Gasteiger partial charge in [-0.3, -0.25) is 0 Å². The molecule has 7 heteroatoms. The van der Waals surface area contributed by atoms with Gasteiger partial charge in [0.05, 0.1) is 19.0 Å². The zero-order valence-electron chi connectivity index (χ0n) is 8.93. The molecular formula is C10H12ClFO4S. The third-order valence-electron chi connectivity index (χ3n) is 1.76. The number of hydrogen-bond acceptors (Lipinski definition) is 4. The van der Waals surface area contributed by atoms with E-state index in [0.717, 1.165) is 0 Å². The first-order valence-corrected chi connectivity index (χ1v) is 7.34. The van der Waals surface area contributed by atoms with Crippen molar-refractivity contribution in [2.24, 2.45) is 0 Å². The van der Waals surface area contributed by atoms with Crippen LogP contribution in [0.15, 0.2) is 24.3 Å². The topological polar surface area (TPSA) is 52.6 Å². The van der Waals surface area contributed by atoms with Crippen LogP contribution in [0, 0.1) is 5.82 Å². The third kappa shape index (κ3) is 7.14. The van der Waals surface area contributed by atoms with E-state index in [1.165, 1.54) is 18.2 Å². The minimum absolute atomic E-state index is 0.0122. The lowest BCUT2D eigenvalue weighted by atomic mass is 10.3. The molecule has 0 bridgehead atoms. The van der Waals surface area contributed by atoms with Crippen LogP contribution >= 0.6 is 10.7 Å². The number of halogens is 2. The molecule has 0 aliphatic heterocycles. The third-order valence-corrected chi connectivity index (χ3v) is 2.88. The molecule has 0 aromatic heterocycles. The second-order valence-electron chi connectivity index (χ2n) is 3.16. The fourth-order valence-corrected chi connectivity index (χ4v) is 1.54. The molecular weight excluding hydrogens is 271 g/mol. The predicted molar refractivity (Wildman–Crippen MR) is 62.4 cm³/mol. The van der Waals surface area contributed by atoms with Gasteiger partial charge in [0, 0.05) is 16.7 Å². The second kappa shape index (κ2) is 6.78. The van der Waals surface area contributed by atoms with Crippen LogP contribution in [0.25, 0.3) is 0 Å². The highest BCUT2D eigenvalue weighted by atomic mass is 35.7. The van der Waals surface area contributed by atoms with Gasteiger partial charge < -0.3 is 9.47 Å². The quantitative estimate of drug-likeness (QED) is 0.565. The summed E-state index contributed by atoms with van der Waals surface area (Å²) in [6.45, 7) is 0.438. The van der Waals surface area contributed by atoms with Crippen LogP contribution in [-0.2, 0) is 13.8 Å². The summed E-state index contributed by atoms with van der Waals surface area (Å²) in [4.78, 5) is 0. The highest BCUT2D eigenvalue weighted by molar-refractivity contribution is 8.13. The Hall–Kier alpha value is -0.850. The molecule has 0 fully saturated rings. The average molecular weight is 283 g/mol. The monoisotopic (exact) mass is 282 g/mol. The first kappa shape index (κ1) is 14.2. The van der Waals surface area contributed by atoms with Crippen LogP contribution < -0.4 is 4.74 Å². The molecule has 0 radical (unpaired) electrons. The molecule has 0 N–H and O–H groups in total. The van der Waals surface area contributed by atoms with E-state index in [1.807, 2.05) is 0 Å². The number of ether oxygens (including phenoxy) is 2. The smallest absolute Gasteiger partial charge is 0.234 e. The summed E-state index contributed by atoms with van der Waals surface area (Å²) in [7, 11) is 1.47. The molecule has 0 amide bonds. The zero-order valence-corrected chi connectivity index (χ0v) is 10.5. The molecule has 96 valence electrons. The molecule has 0 aliphatic carbocycles. The van der Waals surface area contributed by atoms with Crippen molar-refractivity contribution in [3.05, 3.63) is 30.1 Å². The molecule has 4 nitrogen and oxygen atoms in total. The summed E-state index contributed by atoms with van der Waals surface area (Å²) in [5.41, 5.74) is 0. The van der Waals surface area contributed by atoms with Crippen LogP contribution in [0.5, 0.6) is 5.75 Å². The van der Waals surface area contributed by atoms with Crippen LogP contribution in [0.2, 0.25) is 0 Å². The van der Waals surface area contributed by atoms with Crippen LogP contribution in [0.1, 0.15) is 0 Å². The Bertz CT molecular complexity index is 449. The van der Waals surface area contributed by atoms with Gasteiger partial charge in [-0.25, -0.2) is 12.8 Å². The highest BCUT2D eigenvalue weighted by Gasteiger charge is 2.04. The molecule has 0 spiro atoms. The van der Waals surface area contributed by atoms with Crippen LogP contribution in [-0.4, -0.2) is 34.0 Å². The maximum Gasteiger partial charge on any atom is 0.234 e. The number of rotatable bonds is 7. The highest BCUT2D eigenvalue weighted by Crippen LogP contribution is 2.11. The summed E-state index contributed by atoms with van der Waals surface area (Å²) in [5, 5.41) is 0. The van der Waals surface area contributed by atoms with Gasteiger partial charge in [-0.15, -0.1) is 0 Å². The molecule has 1 aromatic carbocycles. The van der Waals surface area contributed by atoms with E-state index in [1.54, 1.807) is 6.07 Å². The summed E-state index contributed by atoms with van der Waals surface area (Å²) >= 11 is 0. The van der Waals surface area contributed by atoms with Crippen molar-refractivity contribution in [2.75, 3.05) is 25.6 Å². The lowest BCUT2D eigenvalue weighted by Crippen LogP contribution is -2.12. The lowest BCUT2D eigenvalue weighted by molar-refractivity contribution is 0.111. The van der Waals surface area contributed by atoms with E-state index in [4.69, 9.17) is 20.2 Å². The Morgan fingerprint density at radius 1 is 1.24 bits per heavy atom. The SMILES string of the molecule is O=S(=O)(Cl)CCOCCOc1cccc(F)c1. The molecule has 0 heterocycles. The van der Waals surface area contributed by atoms with Crippen molar-refractivity contribution in [3.63, 3.8) is 0 Å². The van der Waals surface area contributed by atoms with E-state index in [0.29, 0.717) is 5.75 Å². The molecule has 0 saturated heterocycles. The minimum atomic E-state index is -3.51. The van der Waals surface area contributed by atoms with E-state index in [2.05, 4.69) is 0 Å². The van der Waals surface area contributed by atoms with E-state index in [-0.39, 0.29) is 31.4 Å². The molecule has 0 saturated carbocycles. The Morgan fingerprint density at radius 2 is 2.00 bits per heavy atom. The Labute approximate surface area is 104 Å². The zero-order chi connectivity index (χ0) is 12.7. The summed E-state index contributed by atoms with van der Waals surface area (Å²) in [5.74, 6) is -0.218. The van der Waals surface area contributed by atoms with Crippen molar-refractivity contribution in [1.29, 1.82) is 0 Å². The first-order valence-electron chi connectivity index (χ1n) is 4.86. The van der Waals surface area contributed by atoms with Gasteiger partial charge in [-0.05, 0) is 12.1 Å². The standard InChI is InChI=1S/C10H12ClFO4S/c11-17(13,14)7-6-15-4-5-16-10-3-1-2-9(12)8-10/h1-3,8H,4-7H2. The van der Waals surface area contributed by atoms with Gasteiger partial charge in [0.1, 0.15) is 18.2 Å². The van der Waals surface area contributed by atoms with Gasteiger partial charge in [0.25, 0.3) is 0 Å². The molecule has 0 unspecified atom stereocenters. The van der Waals surface area contributed by atoms with E-state index in [9.17, 15) is 12.8 Å². The van der Waals surface area contributed by atoms with Gasteiger partial charge in [0.2, 0.25) is 9.05 Å². The van der Waals surface area contributed by atoms with E-state index < -0.39 is 9.05 Å². The average Bonchev–Trinajstić information content (AvgIpc) is 2.22. The Morgan fingerprint density at radius 3 is 2.65 bits per heavy atom. The number of hydrogen-bond donors (Lipinski definition) is 0. The summed E-state index contributed by atoms with van der Waals surface area (Å²) in [6.07, 6.45) is 0. The maximum absolute atomic E-state index is 12.7. The minimum Gasteiger partial charge on any atom is -0.491 e. The predicted octanol–water partition coefficient (Wildman–Crippen LogP) is 1.79. The lowest BCUT2D eigenvalue weighted by Gasteiger charge is -2.06. The van der Waals surface area contributed by atoms with Crippen molar-refractivity contribution in [2.45, 2.75) is 0 Å². The maximum atomic E-state index is 12.7. The van der Waals surface area contributed by atoms with Crippen LogP contribution in [0.4, 0.5) is 4.39 Å². The summed E-state index contributed by atoms with van der Waals surface area (Å²) < 4.78 is 44.0. The van der Waals surface area contributed by atoms with Crippen molar-refractivity contribution in [1.82, 2.24) is 0 Å². The molecule has 1 aromatic rings. The molecule has 17 heavy (non-hydrogen) atoms. The van der Waals surface area contributed by atoms with Gasteiger partial charge >= 0.3 is 0 Å². The molecule has 0 atom stereocenters. The van der Waals surface area contributed by atoms with Gasteiger partial charge in [0.15, 0.2) is 0 Å². The van der Waals surface area contributed by atoms with Crippen molar-refractivity contribution >= 4 is 19.7 Å². The fourth-order valence-electron chi connectivity index (χ4n) is 1.04. The normalized spacial score (nSPS) is 11.4.